The molecule has 1 heterocycles. The fraction of sp³-hybridized carbons (Fsp3) is 0.350. The predicted molar refractivity (Wildman–Crippen MR) is 108 cm³/mol. The molecule has 0 aromatic heterocycles. The smallest absolute Gasteiger partial charge is 0.308 e. The number of carbonyl (C=O) groups is 1. The molecule has 0 spiro atoms. The van der Waals surface area contributed by atoms with Crippen molar-refractivity contribution in [2.75, 3.05) is 23.7 Å². The van der Waals surface area contributed by atoms with Gasteiger partial charge in [-0.3, -0.25) is 0 Å². The first kappa shape index (κ1) is 19.4. The third-order valence-corrected chi connectivity index (χ3v) is 6.56. The molecule has 0 aliphatic carbocycles. The highest BCUT2D eigenvalue weighted by Crippen LogP contribution is 2.22. The Morgan fingerprint density at radius 1 is 0.889 bits per heavy atom. The van der Waals surface area contributed by atoms with Crippen molar-refractivity contribution in [3.63, 3.8) is 0 Å². The fourth-order valence-corrected chi connectivity index (χ4v) is 4.55. The Hall–Kier alpha value is -2.38. The summed E-state index contributed by atoms with van der Waals surface area (Å²) >= 11 is 0. The van der Waals surface area contributed by atoms with Crippen LogP contribution in [0.2, 0.25) is 0 Å². The Kier molecular flexibility index (Phi) is 5.82. The van der Waals surface area contributed by atoms with Crippen molar-refractivity contribution in [1.82, 2.24) is 4.31 Å². The summed E-state index contributed by atoms with van der Waals surface area (Å²) in [5, 5.41) is 5.49. The minimum atomic E-state index is -3.44. The number of urea groups is 1. The molecule has 6 nitrogen and oxygen atoms in total. The van der Waals surface area contributed by atoms with Gasteiger partial charge in [-0.25, -0.2) is 13.2 Å². The Morgan fingerprint density at radius 2 is 1.37 bits per heavy atom. The summed E-state index contributed by atoms with van der Waals surface area (Å²) in [6.45, 7) is 5.37. The number of anilines is 2. The number of nitrogens with one attached hydrogen (secondary N) is 2. The van der Waals surface area contributed by atoms with E-state index in [9.17, 15) is 13.2 Å². The normalized spacial score (nSPS) is 15.1. The summed E-state index contributed by atoms with van der Waals surface area (Å²) in [7, 11) is -3.44. The monoisotopic (exact) mass is 387 g/mol. The van der Waals surface area contributed by atoms with Crippen LogP contribution in [0.1, 0.15) is 38.2 Å². The van der Waals surface area contributed by atoms with Gasteiger partial charge >= 0.3 is 6.03 Å². The number of sulfonamides is 1. The van der Waals surface area contributed by atoms with E-state index in [0.29, 0.717) is 30.4 Å². The van der Waals surface area contributed by atoms with Gasteiger partial charge < -0.3 is 10.6 Å². The lowest BCUT2D eigenvalue weighted by atomic mass is 10.0. The van der Waals surface area contributed by atoms with E-state index in [1.54, 1.807) is 12.1 Å². The first-order chi connectivity index (χ1) is 12.9. The van der Waals surface area contributed by atoms with Crippen molar-refractivity contribution in [3.05, 3.63) is 54.1 Å². The molecule has 1 aliphatic rings. The van der Waals surface area contributed by atoms with E-state index in [-0.39, 0.29) is 10.9 Å². The molecule has 1 saturated heterocycles. The standard InChI is InChI=1S/C20H25N3O3S/c1-15(2)16-5-7-17(8-6-16)21-20(24)22-18-9-11-19(12-10-18)27(25,26)23-13-3-4-14-23/h5-12,15H,3-4,13-14H2,1-2H3,(H2,21,22,24). The van der Waals surface area contributed by atoms with Crippen LogP contribution in [0.15, 0.2) is 53.4 Å². The lowest BCUT2D eigenvalue weighted by Crippen LogP contribution is -2.27. The molecule has 2 amide bonds. The van der Waals surface area contributed by atoms with E-state index in [2.05, 4.69) is 24.5 Å². The lowest BCUT2D eigenvalue weighted by Gasteiger charge is -2.15. The molecule has 0 radical (unpaired) electrons. The van der Waals surface area contributed by atoms with Gasteiger partial charge in [-0.05, 0) is 60.7 Å². The number of hydrogen-bond acceptors (Lipinski definition) is 3. The quantitative estimate of drug-likeness (QED) is 0.805. The highest BCUT2D eigenvalue weighted by molar-refractivity contribution is 7.89. The molecule has 144 valence electrons. The number of hydrogen-bond donors (Lipinski definition) is 2. The zero-order valence-corrected chi connectivity index (χ0v) is 16.4. The molecule has 7 heteroatoms. The Bertz CT molecular complexity index is 885. The van der Waals surface area contributed by atoms with Crippen molar-refractivity contribution < 1.29 is 13.2 Å². The van der Waals surface area contributed by atoms with Gasteiger partial charge in [-0.15, -0.1) is 0 Å². The summed E-state index contributed by atoms with van der Waals surface area (Å²) in [6.07, 6.45) is 1.80. The van der Waals surface area contributed by atoms with Crippen LogP contribution in [0, 0.1) is 0 Å². The first-order valence-corrected chi connectivity index (χ1v) is 10.6. The molecule has 1 aliphatic heterocycles. The highest BCUT2D eigenvalue weighted by atomic mass is 32.2. The van der Waals surface area contributed by atoms with Crippen LogP contribution in [0.3, 0.4) is 0 Å². The van der Waals surface area contributed by atoms with Crippen LogP contribution in [0.5, 0.6) is 0 Å². The molecule has 3 rings (SSSR count). The maximum absolute atomic E-state index is 12.5. The molecule has 27 heavy (non-hydrogen) atoms. The number of nitrogens with zero attached hydrogens (tertiary/aromatic N) is 1. The molecule has 0 unspecified atom stereocenters. The summed E-state index contributed by atoms with van der Waals surface area (Å²) in [6, 6.07) is 13.6. The largest absolute Gasteiger partial charge is 0.323 e. The van der Waals surface area contributed by atoms with Gasteiger partial charge in [-0.1, -0.05) is 26.0 Å². The van der Waals surface area contributed by atoms with Crippen molar-refractivity contribution in [3.8, 4) is 0 Å². The van der Waals surface area contributed by atoms with Crippen LogP contribution in [-0.2, 0) is 10.0 Å². The molecular weight excluding hydrogens is 362 g/mol. The van der Waals surface area contributed by atoms with Crippen LogP contribution < -0.4 is 10.6 Å². The third-order valence-electron chi connectivity index (χ3n) is 4.65. The molecule has 0 saturated carbocycles. The van der Waals surface area contributed by atoms with Crippen LogP contribution in [0.4, 0.5) is 16.2 Å². The summed E-state index contributed by atoms with van der Waals surface area (Å²) in [4.78, 5) is 12.4. The van der Waals surface area contributed by atoms with E-state index in [4.69, 9.17) is 0 Å². The topological polar surface area (TPSA) is 78.5 Å². The number of carbonyl (C=O) groups excluding carboxylic acids is 1. The number of benzene rings is 2. The first-order valence-electron chi connectivity index (χ1n) is 9.14. The second-order valence-electron chi connectivity index (χ2n) is 6.99. The van der Waals surface area contributed by atoms with Crippen LogP contribution in [-0.4, -0.2) is 31.8 Å². The van der Waals surface area contributed by atoms with Crippen molar-refractivity contribution >= 4 is 27.4 Å². The van der Waals surface area contributed by atoms with Gasteiger partial charge in [0.15, 0.2) is 0 Å². The molecule has 0 atom stereocenters. The molecule has 2 aromatic carbocycles. The van der Waals surface area contributed by atoms with Gasteiger partial charge in [0.05, 0.1) is 4.90 Å². The lowest BCUT2D eigenvalue weighted by molar-refractivity contribution is 0.262. The summed E-state index contributed by atoms with van der Waals surface area (Å²) in [5.74, 6) is 0.434. The Balaban J connectivity index is 1.61. The van der Waals surface area contributed by atoms with Crippen molar-refractivity contribution in [1.29, 1.82) is 0 Å². The average Bonchev–Trinajstić information content (AvgIpc) is 3.18. The molecule has 1 fully saturated rings. The van der Waals surface area contributed by atoms with E-state index < -0.39 is 10.0 Å². The van der Waals surface area contributed by atoms with Crippen LogP contribution in [0.25, 0.3) is 0 Å². The van der Waals surface area contributed by atoms with Gasteiger partial charge in [0.25, 0.3) is 0 Å². The van der Waals surface area contributed by atoms with Crippen LogP contribution >= 0.6 is 0 Å². The second-order valence-corrected chi connectivity index (χ2v) is 8.93. The number of amides is 2. The predicted octanol–water partition coefficient (Wildman–Crippen LogP) is 4.24. The maximum Gasteiger partial charge on any atom is 0.323 e. The number of rotatable bonds is 5. The minimum Gasteiger partial charge on any atom is -0.308 e. The van der Waals surface area contributed by atoms with Gasteiger partial charge in [0.1, 0.15) is 0 Å². The van der Waals surface area contributed by atoms with E-state index >= 15 is 0 Å². The van der Waals surface area contributed by atoms with E-state index in [1.807, 2.05) is 24.3 Å². The Morgan fingerprint density at radius 3 is 1.85 bits per heavy atom. The minimum absolute atomic E-state index is 0.250. The van der Waals surface area contributed by atoms with Gasteiger partial charge in [0.2, 0.25) is 10.0 Å². The van der Waals surface area contributed by atoms with Crippen molar-refractivity contribution in [2.45, 2.75) is 37.5 Å². The molecule has 2 aromatic rings. The van der Waals surface area contributed by atoms with Gasteiger partial charge in [0, 0.05) is 24.5 Å². The maximum atomic E-state index is 12.5. The zero-order valence-electron chi connectivity index (χ0n) is 15.6. The highest BCUT2D eigenvalue weighted by Gasteiger charge is 2.26. The molecule has 2 N–H and O–H groups in total. The average molecular weight is 388 g/mol. The van der Waals surface area contributed by atoms with Crippen molar-refractivity contribution in [2.24, 2.45) is 0 Å². The fourth-order valence-electron chi connectivity index (χ4n) is 3.03. The van der Waals surface area contributed by atoms with E-state index in [0.717, 1.165) is 12.8 Å². The second kappa shape index (κ2) is 8.10. The molecular formula is C20H25N3O3S. The molecule has 0 bridgehead atoms. The Labute approximate surface area is 160 Å². The SMILES string of the molecule is CC(C)c1ccc(NC(=O)Nc2ccc(S(=O)(=O)N3CCCC3)cc2)cc1. The third kappa shape index (κ3) is 4.67. The summed E-state index contributed by atoms with van der Waals surface area (Å²) < 4.78 is 26.5. The van der Waals surface area contributed by atoms with Gasteiger partial charge in [-0.2, -0.15) is 4.31 Å². The summed E-state index contributed by atoms with van der Waals surface area (Å²) in [5.41, 5.74) is 2.44. The zero-order chi connectivity index (χ0) is 19.4. The van der Waals surface area contributed by atoms with E-state index in [1.165, 1.54) is 22.0 Å².